The van der Waals surface area contributed by atoms with Crippen molar-refractivity contribution in [2.75, 3.05) is 33.0 Å². The molecule has 0 saturated carbocycles. The molecule has 4 nitrogen and oxygen atoms in total. The van der Waals surface area contributed by atoms with Gasteiger partial charge in [0.05, 0.1) is 3.57 Å². The van der Waals surface area contributed by atoms with Crippen molar-refractivity contribution in [1.29, 1.82) is 0 Å². The second-order valence-corrected chi connectivity index (χ2v) is 4.45. The summed E-state index contributed by atoms with van der Waals surface area (Å²) in [6.45, 7) is 0.976. The van der Waals surface area contributed by atoms with Crippen LogP contribution in [0.25, 0.3) is 0 Å². The van der Waals surface area contributed by atoms with Crippen LogP contribution >= 0.6 is 22.6 Å². The third kappa shape index (κ3) is 3.38. The Morgan fingerprint density at radius 3 is 2.79 bits per heavy atom. The van der Waals surface area contributed by atoms with E-state index in [1.54, 1.807) is 0 Å². The predicted molar refractivity (Wildman–Crippen MR) is 66.6 cm³/mol. The average molecular weight is 306 g/mol. The Labute approximate surface area is 98.3 Å². The third-order valence-corrected chi connectivity index (χ3v) is 2.60. The van der Waals surface area contributed by atoms with Gasteiger partial charge in [-0.15, -0.1) is 0 Å². The largest absolute Gasteiger partial charge is 0.372 e. The number of aromatic nitrogens is 2. The number of likely N-dealkylation sites (N-methyl/N-ethyl adjacent to an activating group) is 1. The highest BCUT2D eigenvalue weighted by Gasteiger charge is 2.03. The SMILES string of the molecule is CNc1nc(CCN(C)C)ncc1I. The predicted octanol–water partition coefficient (Wildman–Crippen LogP) is 1.23. The van der Waals surface area contributed by atoms with Gasteiger partial charge in [0.15, 0.2) is 0 Å². The molecule has 5 heteroatoms. The second-order valence-electron chi connectivity index (χ2n) is 3.29. The van der Waals surface area contributed by atoms with Crippen LogP contribution in [0.15, 0.2) is 6.20 Å². The van der Waals surface area contributed by atoms with E-state index in [-0.39, 0.29) is 0 Å². The monoisotopic (exact) mass is 306 g/mol. The molecule has 1 aromatic rings. The first-order chi connectivity index (χ1) is 6.63. The van der Waals surface area contributed by atoms with Crippen molar-refractivity contribution in [2.45, 2.75) is 6.42 Å². The van der Waals surface area contributed by atoms with Crippen LogP contribution in [-0.2, 0) is 6.42 Å². The van der Waals surface area contributed by atoms with E-state index in [2.05, 4.69) is 42.8 Å². The van der Waals surface area contributed by atoms with Crippen molar-refractivity contribution in [1.82, 2.24) is 14.9 Å². The van der Waals surface area contributed by atoms with E-state index in [1.807, 2.05) is 27.3 Å². The summed E-state index contributed by atoms with van der Waals surface area (Å²) < 4.78 is 1.05. The number of nitrogens with one attached hydrogen (secondary N) is 1. The highest BCUT2D eigenvalue weighted by molar-refractivity contribution is 14.1. The van der Waals surface area contributed by atoms with Crippen LogP contribution in [0.1, 0.15) is 5.82 Å². The molecule has 14 heavy (non-hydrogen) atoms. The van der Waals surface area contributed by atoms with Gasteiger partial charge < -0.3 is 10.2 Å². The molecule has 0 bridgehead atoms. The number of hydrogen-bond acceptors (Lipinski definition) is 4. The van der Waals surface area contributed by atoms with Crippen molar-refractivity contribution >= 4 is 28.4 Å². The van der Waals surface area contributed by atoms with Crippen molar-refractivity contribution in [2.24, 2.45) is 0 Å². The maximum absolute atomic E-state index is 4.41. The molecule has 0 aromatic carbocycles. The summed E-state index contributed by atoms with van der Waals surface area (Å²) in [5, 5.41) is 3.05. The second kappa shape index (κ2) is 5.45. The fraction of sp³-hybridized carbons (Fsp3) is 0.556. The lowest BCUT2D eigenvalue weighted by atomic mass is 10.4. The molecule has 0 aliphatic heterocycles. The first-order valence-electron chi connectivity index (χ1n) is 4.47. The van der Waals surface area contributed by atoms with Crippen LogP contribution in [0.3, 0.4) is 0 Å². The Morgan fingerprint density at radius 2 is 2.21 bits per heavy atom. The molecule has 0 unspecified atom stereocenters. The smallest absolute Gasteiger partial charge is 0.142 e. The minimum absolute atomic E-state index is 0.888. The van der Waals surface area contributed by atoms with Crippen molar-refractivity contribution < 1.29 is 0 Å². The molecule has 0 radical (unpaired) electrons. The van der Waals surface area contributed by atoms with Gasteiger partial charge in [-0.2, -0.15) is 0 Å². The fourth-order valence-corrected chi connectivity index (χ4v) is 1.55. The van der Waals surface area contributed by atoms with Gasteiger partial charge in [0.2, 0.25) is 0 Å². The van der Waals surface area contributed by atoms with Crippen LogP contribution in [0, 0.1) is 3.57 Å². The average Bonchev–Trinajstić information content (AvgIpc) is 2.16. The minimum Gasteiger partial charge on any atom is -0.372 e. The molecule has 0 aliphatic rings. The van der Waals surface area contributed by atoms with Crippen molar-refractivity contribution in [3.05, 3.63) is 15.6 Å². The number of anilines is 1. The number of nitrogens with zero attached hydrogens (tertiary/aromatic N) is 3. The summed E-state index contributed by atoms with van der Waals surface area (Å²) in [5.74, 6) is 1.80. The number of rotatable bonds is 4. The molecule has 0 aliphatic carbocycles. The minimum atomic E-state index is 0.888. The molecular weight excluding hydrogens is 291 g/mol. The van der Waals surface area contributed by atoms with Gasteiger partial charge in [-0.25, -0.2) is 9.97 Å². The van der Waals surface area contributed by atoms with E-state index < -0.39 is 0 Å². The molecule has 0 spiro atoms. The molecule has 1 heterocycles. The summed E-state index contributed by atoms with van der Waals surface area (Å²) >= 11 is 2.22. The van der Waals surface area contributed by atoms with Crippen LogP contribution in [0.2, 0.25) is 0 Å². The standard InChI is InChI=1S/C9H15IN4/c1-11-9-7(10)6-12-8(13-9)4-5-14(2)3/h6H,4-5H2,1-3H3,(H,11,12,13). The quantitative estimate of drug-likeness (QED) is 0.850. The summed E-state index contributed by atoms with van der Waals surface area (Å²) in [6, 6.07) is 0. The lowest BCUT2D eigenvalue weighted by molar-refractivity contribution is 0.409. The lowest BCUT2D eigenvalue weighted by Gasteiger charge is -2.09. The first kappa shape index (κ1) is 11.6. The van der Waals surface area contributed by atoms with Gasteiger partial charge in [-0.3, -0.25) is 0 Å². The Bertz CT molecular complexity index is 301. The van der Waals surface area contributed by atoms with Crippen LogP contribution < -0.4 is 5.32 Å². The van der Waals surface area contributed by atoms with E-state index in [4.69, 9.17) is 0 Å². The summed E-state index contributed by atoms with van der Waals surface area (Å²) in [5.41, 5.74) is 0. The van der Waals surface area contributed by atoms with Crippen molar-refractivity contribution in [3.63, 3.8) is 0 Å². The van der Waals surface area contributed by atoms with Gasteiger partial charge >= 0.3 is 0 Å². The maximum Gasteiger partial charge on any atom is 0.142 e. The zero-order valence-corrected chi connectivity index (χ0v) is 10.9. The zero-order valence-electron chi connectivity index (χ0n) is 8.71. The van der Waals surface area contributed by atoms with E-state index >= 15 is 0 Å². The van der Waals surface area contributed by atoms with Crippen molar-refractivity contribution in [3.8, 4) is 0 Å². The maximum atomic E-state index is 4.41. The number of halogens is 1. The molecule has 0 atom stereocenters. The summed E-state index contributed by atoms with van der Waals surface area (Å²) in [6.07, 6.45) is 2.74. The van der Waals surface area contributed by atoms with Crippen LogP contribution in [0.4, 0.5) is 5.82 Å². The topological polar surface area (TPSA) is 41.1 Å². The summed E-state index contributed by atoms with van der Waals surface area (Å²) in [4.78, 5) is 10.8. The zero-order chi connectivity index (χ0) is 10.6. The van der Waals surface area contributed by atoms with E-state index in [0.717, 1.165) is 28.2 Å². The Balaban J connectivity index is 2.69. The highest BCUT2D eigenvalue weighted by Crippen LogP contribution is 2.13. The molecule has 1 N–H and O–H groups in total. The highest BCUT2D eigenvalue weighted by atomic mass is 127. The van der Waals surface area contributed by atoms with Crippen LogP contribution in [0.5, 0.6) is 0 Å². The number of hydrogen-bond donors (Lipinski definition) is 1. The van der Waals surface area contributed by atoms with Gasteiger partial charge in [-0.1, -0.05) is 0 Å². The lowest BCUT2D eigenvalue weighted by Crippen LogP contribution is -2.16. The molecule has 1 aromatic heterocycles. The first-order valence-corrected chi connectivity index (χ1v) is 5.55. The molecular formula is C9H15IN4. The Morgan fingerprint density at radius 1 is 1.50 bits per heavy atom. The van der Waals surface area contributed by atoms with Gasteiger partial charge in [0.25, 0.3) is 0 Å². The molecule has 1 rings (SSSR count). The Hall–Kier alpha value is -0.430. The van der Waals surface area contributed by atoms with Gasteiger partial charge in [-0.05, 0) is 36.7 Å². The van der Waals surface area contributed by atoms with E-state index in [9.17, 15) is 0 Å². The fourth-order valence-electron chi connectivity index (χ4n) is 1.02. The van der Waals surface area contributed by atoms with E-state index in [1.165, 1.54) is 0 Å². The van der Waals surface area contributed by atoms with Gasteiger partial charge in [0.1, 0.15) is 11.6 Å². The third-order valence-electron chi connectivity index (χ3n) is 1.81. The summed E-state index contributed by atoms with van der Waals surface area (Å²) in [7, 11) is 5.97. The molecule has 0 amide bonds. The van der Waals surface area contributed by atoms with E-state index in [0.29, 0.717) is 0 Å². The molecule has 78 valence electrons. The van der Waals surface area contributed by atoms with Gasteiger partial charge in [0, 0.05) is 26.2 Å². The molecule has 0 saturated heterocycles. The molecule has 0 fully saturated rings. The normalized spacial score (nSPS) is 10.6. The Kier molecular flexibility index (Phi) is 4.53. The van der Waals surface area contributed by atoms with Crippen LogP contribution in [-0.4, -0.2) is 42.6 Å².